The molecule has 22 heavy (non-hydrogen) atoms. The summed E-state index contributed by atoms with van der Waals surface area (Å²) in [7, 11) is 0. The van der Waals surface area contributed by atoms with E-state index in [4.69, 9.17) is 0 Å². The number of hydrogen-bond donors (Lipinski definition) is 1. The molecule has 2 rings (SSSR count). The molecular weight excluding hydrogens is 282 g/mol. The van der Waals surface area contributed by atoms with Gasteiger partial charge in [0.1, 0.15) is 0 Å². The Morgan fingerprint density at radius 3 is 2.41 bits per heavy atom. The summed E-state index contributed by atoms with van der Waals surface area (Å²) >= 11 is 0. The Kier molecular flexibility index (Phi) is 6.20. The number of rotatable bonds is 4. The van der Waals surface area contributed by atoms with Crippen LogP contribution in [0.3, 0.4) is 0 Å². The van der Waals surface area contributed by atoms with Crippen LogP contribution in [0, 0.1) is 5.92 Å². The normalized spacial score (nSPS) is 25.1. The molecule has 0 aliphatic carbocycles. The second-order valence-electron chi connectivity index (χ2n) is 6.49. The van der Waals surface area contributed by atoms with Crippen molar-refractivity contribution in [2.24, 2.45) is 5.92 Å². The summed E-state index contributed by atoms with van der Waals surface area (Å²) in [6.45, 7) is 8.71. The van der Waals surface area contributed by atoms with E-state index in [-0.39, 0.29) is 23.8 Å². The van der Waals surface area contributed by atoms with Crippen LogP contribution in [0.25, 0.3) is 0 Å². The van der Waals surface area contributed by atoms with Crippen molar-refractivity contribution in [2.45, 2.75) is 39.2 Å². The van der Waals surface area contributed by atoms with Gasteiger partial charge in [0.15, 0.2) is 0 Å². The van der Waals surface area contributed by atoms with Crippen LogP contribution >= 0.6 is 0 Å². The molecule has 2 aliphatic heterocycles. The number of piperidine rings is 1. The van der Waals surface area contributed by atoms with E-state index in [1.807, 2.05) is 11.8 Å². The third-order valence-corrected chi connectivity index (χ3v) is 4.84. The molecule has 2 amide bonds. The van der Waals surface area contributed by atoms with Gasteiger partial charge in [-0.3, -0.25) is 14.5 Å². The van der Waals surface area contributed by atoms with E-state index in [0.29, 0.717) is 13.1 Å². The summed E-state index contributed by atoms with van der Waals surface area (Å²) < 4.78 is 0. The largest absolute Gasteiger partial charge is 0.392 e. The summed E-state index contributed by atoms with van der Waals surface area (Å²) in [5.74, 6) is 0.225. The van der Waals surface area contributed by atoms with E-state index in [2.05, 4.69) is 4.90 Å². The summed E-state index contributed by atoms with van der Waals surface area (Å²) in [6, 6.07) is 0. The molecule has 0 spiro atoms. The number of piperazine rings is 1. The lowest BCUT2D eigenvalue weighted by molar-refractivity contribution is -0.141. The molecule has 6 heteroatoms. The number of amides is 2. The highest BCUT2D eigenvalue weighted by Crippen LogP contribution is 2.20. The first-order chi connectivity index (χ1) is 10.5. The Labute approximate surface area is 133 Å². The van der Waals surface area contributed by atoms with Gasteiger partial charge in [0.05, 0.1) is 12.0 Å². The maximum atomic E-state index is 12.6. The predicted octanol–water partition coefficient (Wildman–Crippen LogP) is 0.160. The quantitative estimate of drug-likeness (QED) is 0.803. The Morgan fingerprint density at radius 2 is 1.82 bits per heavy atom. The van der Waals surface area contributed by atoms with Crippen molar-refractivity contribution in [3.8, 4) is 0 Å². The molecule has 1 N–H and O–H groups in total. The smallest absolute Gasteiger partial charge is 0.227 e. The molecule has 0 bridgehead atoms. The number of carbonyl (C=O) groups is 2. The Balaban J connectivity index is 1.80. The number of aliphatic hydroxyl groups excluding tert-OH is 1. The molecule has 0 saturated carbocycles. The zero-order valence-corrected chi connectivity index (χ0v) is 13.8. The maximum Gasteiger partial charge on any atom is 0.227 e. The second-order valence-corrected chi connectivity index (χ2v) is 6.49. The molecule has 2 aliphatic rings. The summed E-state index contributed by atoms with van der Waals surface area (Å²) in [5.41, 5.74) is 0. The average Bonchev–Trinajstić information content (AvgIpc) is 2.55. The highest BCUT2D eigenvalue weighted by atomic mass is 16.3. The number of nitrogens with zero attached hydrogens (tertiary/aromatic N) is 3. The van der Waals surface area contributed by atoms with Crippen LogP contribution in [0.4, 0.5) is 0 Å². The van der Waals surface area contributed by atoms with E-state index < -0.39 is 0 Å². The van der Waals surface area contributed by atoms with Crippen LogP contribution in [0.2, 0.25) is 0 Å². The Hall–Kier alpha value is -1.14. The molecule has 0 radical (unpaired) electrons. The topological polar surface area (TPSA) is 64.1 Å². The molecule has 2 atom stereocenters. The van der Waals surface area contributed by atoms with Crippen molar-refractivity contribution < 1.29 is 14.7 Å². The molecule has 2 heterocycles. The minimum absolute atomic E-state index is 0.0366. The van der Waals surface area contributed by atoms with E-state index >= 15 is 0 Å². The third-order valence-electron chi connectivity index (χ3n) is 4.84. The van der Waals surface area contributed by atoms with Gasteiger partial charge >= 0.3 is 0 Å². The molecule has 6 nitrogen and oxygen atoms in total. The third kappa shape index (κ3) is 4.43. The SMILES string of the molecule is CC[C@@H](O)CN1CCN(C(=O)[C@@H]2CCCN(C(C)=O)C2)CC1. The maximum absolute atomic E-state index is 12.6. The van der Waals surface area contributed by atoms with Crippen molar-refractivity contribution in [3.05, 3.63) is 0 Å². The molecule has 0 aromatic heterocycles. The van der Waals surface area contributed by atoms with Gasteiger partial charge in [-0.1, -0.05) is 6.92 Å². The van der Waals surface area contributed by atoms with Gasteiger partial charge in [0.2, 0.25) is 11.8 Å². The van der Waals surface area contributed by atoms with Crippen LogP contribution in [-0.4, -0.2) is 83.5 Å². The van der Waals surface area contributed by atoms with Crippen LogP contribution in [0.5, 0.6) is 0 Å². The van der Waals surface area contributed by atoms with Crippen molar-refractivity contribution in [1.82, 2.24) is 14.7 Å². The van der Waals surface area contributed by atoms with E-state index in [1.165, 1.54) is 0 Å². The minimum Gasteiger partial charge on any atom is -0.392 e. The van der Waals surface area contributed by atoms with Gasteiger partial charge in [-0.15, -0.1) is 0 Å². The van der Waals surface area contributed by atoms with E-state index in [0.717, 1.165) is 52.0 Å². The highest BCUT2D eigenvalue weighted by molar-refractivity contribution is 5.81. The van der Waals surface area contributed by atoms with Gasteiger partial charge in [-0.05, 0) is 19.3 Å². The van der Waals surface area contributed by atoms with Gasteiger partial charge < -0.3 is 14.9 Å². The molecule has 0 unspecified atom stereocenters. The lowest BCUT2D eigenvalue weighted by Crippen LogP contribution is -2.53. The number of carbonyl (C=O) groups excluding carboxylic acids is 2. The molecule has 2 saturated heterocycles. The van der Waals surface area contributed by atoms with Gasteiger partial charge in [-0.2, -0.15) is 0 Å². The monoisotopic (exact) mass is 311 g/mol. The Bertz CT molecular complexity index is 394. The number of hydrogen-bond acceptors (Lipinski definition) is 4. The first-order valence-corrected chi connectivity index (χ1v) is 8.46. The minimum atomic E-state index is -0.273. The van der Waals surface area contributed by atoms with Crippen LogP contribution in [0.1, 0.15) is 33.1 Å². The number of likely N-dealkylation sites (tertiary alicyclic amines) is 1. The number of aliphatic hydroxyl groups is 1. The highest BCUT2D eigenvalue weighted by Gasteiger charge is 2.31. The lowest BCUT2D eigenvalue weighted by Gasteiger charge is -2.39. The first-order valence-electron chi connectivity index (χ1n) is 8.46. The standard InChI is InChI=1S/C16H29N3O3/c1-3-15(21)12-17-7-9-18(10-8-17)16(22)14-5-4-6-19(11-14)13(2)20/h14-15,21H,3-12H2,1-2H3/t14-,15-/m1/s1. The summed E-state index contributed by atoms with van der Waals surface area (Å²) in [5, 5.41) is 9.71. The zero-order chi connectivity index (χ0) is 16.1. The lowest BCUT2D eigenvalue weighted by atomic mass is 9.96. The van der Waals surface area contributed by atoms with Gasteiger partial charge in [0, 0.05) is 52.7 Å². The van der Waals surface area contributed by atoms with Crippen molar-refractivity contribution >= 4 is 11.8 Å². The van der Waals surface area contributed by atoms with E-state index in [1.54, 1.807) is 11.8 Å². The van der Waals surface area contributed by atoms with Crippen LogP contribution in [0.15, 0.2) is 0 Å². The Morgan fingerprint density at radius 1 is 1.14 bits per heavy atom. The molecule has 0 aromatic rings. The number of β-amino-alcohol motifs (C(OH)–C–C–N with tert-alkyl or cyclic N) is 1. The molecule has 2 fully saturated rings. The molecular formula is C16H29N3O3. The fourth-order valence-corrected chi connectivity index (χ4v) is 3.30. The van der Waals surface area contributed by atoms with Crippen LogP contribution < -0.4 is 0 Å². The van der Waals surface area contributed by atoms with Crippen molar-refractivity contribution in [1.29, 1.82) is 0 Å². The first kappa shape index (κ1) is 17.2. The predicted molar refractivity (Wildman–Crippen MR) is 84.3 cm³/mol. The molecule has 126 valence electrons. The van der Waals surface area contributed by atoms with E-state index in [9.17, 15) is 14.7 Å². The summed E-state index contributed by atoms with van der Waals surface area (Å²) in [4.78, 5) is 30.1. The fourth-order valence-electron chi connectivity index (χ4n) is 3.30. The van der Waals surface area contributed by atoms with Gasteiger partial charge in [-0.25, -0.2) is 0 Å². The van der Waals surface area contributed by atoms with Crippen molar-refractivity contribution in [2.75, 3.05) is 45.8 Å². The summed E-state index contributed by atoms with van der Waals surface area (Å²) in [6.07, 6.45) is 2.29. The van der Waals surface area contributed by atoms with Crippen LogP contribution in [-0.2, 0) is 9.59 Å². The average molecular weight is 311 g/mol. The van der Waals surface area contributed by atoms with Crippen molar-refractivity contribution in [3.63, 3.8) is 0 Å². The van der Waals surface area contributed by atoms with Gasteiger partial charge in [0.25, 0.3) is 0 Å². The zero-order valence-electron chi connectivity index (χ0n) is 13.8. The fraction of sp³-hybridized carbons (Fsp3) is 0.875. The second kappa shape index (κ2) is 7.92. The molecule has 0 aromatic carbocycles.